The number of halogens is 2. The van der Waals surface area contributed by atoms with Gasteiger partial charge in [0.05, 0.1) is 12.2 Å². The van der Waals surface area contributed by atoms with Gasteiger partial charge in [-0.3, -0.25) is 0 Å². The van der Waals surface area contributed by atoms with Gasteiger partial charge in [-0.2, -0.15) is 0 Å². The van der Waals surface area contributed by atoms with Crippen LogP contribution in [0.3, 0.4) is 0 Å². The molecule has 0 atom stereocenters. The van der Waals surface area contributed by atoms with Crippen LogP contribution in [0, 0.1) is 5.82 Å². The van der Waals surface area contributed by atoms with Gasteiger partial charge in [0.1, 0.15) is 5.82 Å². The second kappa shape index (κ2) is 4.24. The Bertz CT molecular complexity index is 572. The molecule has 1 fully saturated rings. The second-order valence-electron chi connectivity index (χ2n) is 4.49. The first kappa shape index (κ1) is 11.5. The molecule has 94 valence electrons. The Morgan fingerprint density at radius 3 is 2.89 bits per heavy atom. The summed E-state index contributed by atoms with van der Waals surface area (Å²) in [6.45, 7) is 0.265. The van der Waals surface area contributed by atoms with Gasteiger partial charge in [0, 0.05) is 16.5 Å². The van der Waals surface area contributed by atoms with Gasteiger partial charge >= 0.3 is 0 Å². The van der Waals surface area contributed by atoms with E-state index in [0.29, 0.717) is 22.3 Å². The van der Waals surface area contributed by atoms with Crippen molar-refractivity contribution < 1.29 is 4.39 Å². The van der Waals surface area contributed by atoms with Crippen molar-refractivity contribution in [3.05, 3.63) is 40.3 Å². The van der Waals surface area contributed by atoms with Crippen molar-refractivity contribution in [1.82, 2.24) is 15.0 Å². The van der Waals surface area contributed by atoms with E-state index in [2.05, 4.69) is 10.3 Å². The van der Waals surface area contributed by atoms with Crippen LogP contribution in [0.15, 0.2) is 18.2 Å². The van der Waals surface area contributed by atoms with Crippen molar-refractivity contribution >= 4 is 17.4 Å². The van der Waals surface area contributed by atoms with E-state index in [9.17, 15) is 4.39 Å². The summed E-state index contributed by atoms with van der Waals surface area (Å²) in [7, 11) is 0. The largest absolute Gasteiger partial charge is 0.381 e. The van der Waals surface area contributed by atoms with Crippen molar-refractivity contribution in [2.45, 2.75) is 25.3 Å². The number of hydrogen-bond acceptors (Lipinski definition) is 3. The van der Waals surface area contributed by atoms with Crippen molar-refractivity contribution in [2.75, 3.05) is 5.73 Å². The zero-order valence-electron chi connectivity index (χ0n) is 9.61. The summed E-state index contributed by atoms with van der Waals surface area (Å²) in [5, 5.41) is 8.22. The van der Waals surface area contributed by atoms with Gasteiger partial charge in [0.2, 0.25) is 0 Å². The number of rotatable bonds is 3. The molecule has 1 aliphatic carbocycles. The average Bonchev–Trinajstić information content (AvgIpc) is 3.09. The van der Waals surface area contributed by atoms with Gasteiger partial charge in [-0.1, -0.05) is 22.9 Å². The van der Waals surface area contributed by atoms with Crippen LogP contribution in [0.4, 0.5) is 10.2 Å². The molecule has 0 radical (unpaired) electrons. The minimum Gasteiger partial charge on any atom is -0.381 e. The first-order valence-electron chi connectivity index (χ1n) is 5.78. The van der Waals surface area contributed by atoms with E-state index in [1.54, 1.807) is 16.8 Å². The number of nitrogens with zero attached hydrogens (tertiary/aromatic N) is 3. The highest BCUT2D eigenvalue weighted by Gasteiger charge is 2.30. The van der Waals surface area contributed by atoms with E-state index in [1.807, 2.05) is 0 Å². The lowest BCUT2D eigenvalue weighted by Gasteiger charge is -2.08. The van der Waals surface area contributed by atoms with E-state index in [1.165, 1.54) is 6.07 Å². The summed E-state index contributed by atoms with van der Waals surface area (Å²) in [5.41, 5.74) is 7.11. The molecule has 4 nitrogen and oxygen atoms in total. The number of benzene rings is 1. The molecule has 1 saturated carbocycles. The molecule has 1 aromatic carbocycles. The fourth-order valence-corrected chi connectivity index (χ4v) is 2.28. The maximum atomic E-state index is 13.7. The molecule has 1 aromatic heterocycles. The molecule has 0 saturated heterocycles. The molecule has 3 rings (SSSR count). The van der Waals surface area contributed by atoms with E-state index in [0.717, 1.165) is 18.5 Å². The third-order valence-corrected chi connectivity index (χ3v) is 3.49. The first-order valence-corrected chi connectivity index (χ1v) is 6.16. The van der Waals surface area contributed by atoms with Gasteiger partial charge in [-0.15, -0.1) is 5.10 Å². The highest BCUT2D eigenvalue weighted by atomic mass is 35.5. The van der Waals surface area contributed by atoms with Crippen LogP contribution in [-0.2, 0) is 6.54 Å². The normalized spacial score (nSPS) is 15.0. The van der Waals surface area contributed by atoms with Gasteiger partial charge in [-0.05, 0) is 25.0 Å². The van der Waals surface area contributed by atoms with Gasteiger partial charge in [-0.25, -0.2) is 9.07 Å². The van der Waals surface area contributed by atoms with Gasteiger partial charge < -0.3 is 5.73 Å². The lowest BCUT2D eigenvalue weighted by molar-refractivity contribution is 0.566. The molecule has 0 amide bonds. The Hall–Kier alpha value is -1.62. The molecule has 18 heavy (non-hydrogen) atoms. The highest BCUT2D eigenvalue weighted by Crippen LogP contribution is 2.42. The highest BCUT2D eigenvalue weighted by molar-refractivity contribution is 6.31. The van der Waals surface area contributed by atoms with Crippen LogP contribution in [0.5, 0.6) is 0 Å². The maximum Gasteiger partial charge on any atom is 0.169 e. The number of nitrogen functional groups attached to an aromatic ring is 1. The molecule has 2 aromatic rings. The Balaban J connectivity index is 1.97. The zero-order chi connectivity index (χ0) is 12.7. The quantitative estimate of drug-likeness (QED) is 0.929. The summed E-state index contributed by atoms with van der Waals surface area (Å²) in [5.74, 6) is 0.508. The maximum absolute atomic E-state index is 13.7. The zero-order valence-corrected chi connectivity index (χ0v) is 10.4. The third-order valence-electron chi connectivity index (χ3n) is 3.13. The van der Waals surface area contributed by atoms with Crippen molar-refractivity contribution in [3.63, 3.8) is 0 Å². The van der Waals surface area contributed by atoms with Crippen LogP contribution in [-0.4, -0.2) is 15.0 Å². The van der Waals surface area contributed by atoms with E-state index in [4.69, 9.17) is 17.3 Å². The second-order valence-corrected chi connectivity index (χ2v) is 4.90. The molecule has 6 heteroatoms. The summed E-state index contributed by atoms with van der Waals surface area (Å²) in [6, 6.07) is 4.63. The monoisotopic (exact) mass is 266 g/mol. The average molecular weight is 267 g/mol. The topological polar surface area (TPSA) is 56.7 Å². The Morgan fingerprint density at radius 1 is 1.44 bits per heavy atom. The van der Waals surface area contributed by atoms with Crippen LogP contribution in [0.25, 0.3) is 0 Å². The summed E-state index contributed by atoms with van der Waals surface area (Å²) in [4.78, 5) is 0. The third kappa shape index (κ3) is 1.95. The van der Waals surface area contributed by atoms with Gasteiger partial charge in [0.25, 0.3) is 0 Å². The molecule has 1 heterocycles. The van der Waals surface area contributed by atoms with Crippen LogP contribution in [0.2, 0.25) is 5.02 Å². The summed E-state index contributed by atoms with van der Waals surface area (Å²) < 4.78 is 15.4. The smallest absolute Gasteiger partial charge is 0.169 e. The Labute approximate surface area is 109 Å². The number of aromatic nitrogens is 3. The lowest BCUT2D eigenvalue weighted by Crippen LogP contribution is -2.08. The molecular formula is C12H12ClFN4. The van der Waals surface area contributed by atoms with E-state index >= 15 is 0 Å². The SMILES string of the molecule is Nc1nnn(Cc2c(F)cccc2Cl)c1C1CC1. The molecule has 0 bridgehead atoms. The Morgan fingerprint density at radius 2 is 2.22 bits per heavy atom. The number of anilines is 1. The molecule has 0 spiro atoms. The van der Waals surface area contributed by atoms with E-state index in [-0.39, 0.29) is 12.4 Å². The van der Waals surface area contributed by atoms with Crippen LogP contribution < -0.4 is 5.73 Å². The van der Waals surface area contributed by atoms with Crippen LogP contribution >= 0.6 is 11.6 Å². The molecular weight excluding hydrogens is 255 g/mol. The summed E-state index contributed by atoms with van der Waals surface area (Å²) in [6.07, 6.45) is 2.17. The molecule has 2 N–H and O–H groups in total. The van der Waals surface area contributed by atoms with E-state index < -0.39 is 0 Å². The fourth-order valence-electron chi connectivity index (χ4n) is 2.06. The summed E-state index contributed by atoms with van der Waals surface area (Å²) >= 11 is 6.00. The van der Waals surface area contributed by atoms with Crippen molar-refractivity contribution in [1.29, 1.82) is 0 Å². The lowest BCUT2D eigenvalue weighted by atomic mass is 10.2. The molecule has 0 unspecified atom stereocenters. The standard InChI is InChI=1S/C12H12ClFN4/c13-9-2-1-3-10(14)8(9)6-18-11(7-4-5-7)12(15)16-17-18/h1-3,7H,4-6,15H2. The number of nitrogens with two attached hydrogens (primary N) is 1. The first-order chi connectivity index (χ1) is 8.66. The predicted octanol–water partition coefficient (Wildman–Crippen LogP) is 2.58. The van der Waals surface area contributed by atoms with Gasteiger partial charge in [0.15, 0.2) is 5.82 Å². The molecule has 1 aliphatic rings. The van der Waals surface area contributed by atoms with Crippen molar-refractivity contribution in [3.8, 4) is 0 Å². The fraction of sp³-hybridized carbons (Fsp3) is 0.333. The Kier molecular flexibility index (Phi) is 2.70. The molecule has 0 aliphatic heterocycles. The van der Waals surface area contributed by atoms with Crippen molar-refractivity contribution in [2.24, 2.45) is 0 Å². The minimum absolute atomic E-state index is 0.265. The predicted molar refractivity (Wildman–Crippen MR) is 66.9 cm³/mol. The van der Waals surface area contributed by atoms with Crippen LogP contribution in [0.1, 0.15) is 30.0 Å². The number of hydrogen-bond donors (Lipinski definition) is 1. The minimum atomic E-state index is -0.335.